The summed E-state index contributed by atoms with van der Waals surface area (Å²) in [7, 11) is 3.16. The second kappa shape index (κ2) is 10.4. The molecule has 2 aromatic rings. The van der Waals surface area contributed by atoms with Gasteiger partial charge in [0.25, 0.3) is 5.91 Å². The zero-order valence-corrected chi connectivity index (χ0v) is 19.3. The quantitative estimate of drug-likeness (QED) is 0.491. The number of aryl methyl sites for hydroxylation is 2. The van der Waals surface area contributed by atoms with Crippen LogP contribution in [0.5, 0.6) is 11.5 Å². The lowest BCUT2D eigenvalue weighted by Gasteiger charge is -2.24. The maximum atomic E-state index is 13.0. The van der Waals surface area contributed by atoms with Crippen LogP contribution in [0.25, 0.3) is 0 Å². The Morgan fingerprint density at radius 1 is 1.06 bits per heavy atom. The first-order chi connectivity index (χ1) is 15.4. The normalized spacial score (nSPS) is 18.2. The van der Waals surface area contributed by atoms with Crippen molar-refractivity contribution in [3.63, 3.8) is 0 Å². The van der Waals surface area contributed by atoms with E-state index in [1.54, 1.807) is 33.3 Å². The monoisotopic (exact) mass is 437 g/mol. The van der Waals surface area contributed by atoms with Gasteiger partial charge in [0.1, 0.15) is 11.5 Å². The number of allylic oxidation sites excluding steroid dienone is 1. The van der Waals surface area contributed by atoms with Gasteiger partial charge in [-0.3, -0.25) is 9.59 Å². The van der Waals surface area contributed by atoms with Crippen LogP contribution in [0.3, 0.4) is 0 Å². The van der Waals surface area contributed by atoms with E-state index in [1.807, 2.05) is 50.3 Å². The van der Waals surface area contributed by atoms with Crippen molar-refractivity contribution in [1.29, 1.82) is 0 Å². The molecule has 32 heavy (non-hydrogen) atoms. The van der Waals surface area contributed by atoms with Gasteiger partial charge in [-0.2, -0.15) is 0 Å². The van der Waals surface area contributed by atoms with Gasteiger partial charge in [0.05, 0.1) is 26.7 Å². The second-order valence-electron chi connectivity index (χ2n) is 8.02. The highest BCUT2D eigenvalue weighted by Gasteiger charge is 2.36. The maximum absolute atomic E-state index is 13.0. The van der Waals surface area contributed by atoms with Crippen molar-refractivity contribution in [3.05, 3.63) is 70.8 Å². The van der Waals surface area contributed by atoms with Crippen LogP contribution in [0, 0.1) is 19.8 Å². The van der Waals surface area contributed by atoms with Gasteiger partial charge in [0.2, 0.25) is 0 Å². The molecule has 0 saturated carbocycles. The molecule has 170 valence electrons. The van der Waals surface area contributed by atoms with E-state index in [2.05, 4.69) is 5.32 Å². The third kappa shape index (κ3) is 5.13. The van der Waals surface area contributed by atoms with E-state index in [1.165, 1.54) is 0 Å². The molecular weight excluding hydrogens is 406 g/mol. The summed E-state index contributed by atoms with van der Waals surface area (Å²) in [5.74, 6) is 0.0648. The van der Waals surface area contributed by atoms with E-state index < -0.39 is 5.92 Å². The summed E-state index contributed by atoms with van der Waals surface area (Å²) >= 11 is 0. The Morgan fingerprint density at radius 3 is 2.50 bits per heavy atom. The van der Waals surface area contributed by atoms with E-state index in [4.69, 9.17) is 14.2 Å². The van der Waals surface area contributed by atoms with Gasteiger partial charge in [0.15, 0.2) is 0 Å². The van der Waals surface area contributed by atoms with Gasteiger partial charge in [-0.15, -0.1) is 0 Å². The summed E-state index contributed by atoms with van der Waals surface area (Å²) in [6.45, 7) is 6.00. The minimum Gasteiger partial charge on any atom is -0.497 e. The van der Waals surface area contributed by atoms with Crippen molar-refractivity contribution in [3.8, 4) is 11.5 Å². The number of hydrogen-bond acceptors (Lipinski definition) is 5. The largest absolute Gasteiger partial charge is 0.497 e. The molecule has 0 heterocycles. The molecule has 0 saturated heterocycles. The van der Waals surface area contributed by atoms with E-state index in [-0.39, 0.29) is 30.4 Å². The van der Waals surface area contributed by atoms with E-state index in [9.17, 15) is 9.59 Å². The fourth-order valence-electron chi connectivity index (χ4n) is 4.24. The zero-order chi connectivity index (χ0) is 23.3. The second-order valence-corrected chi connectivity index (χ2v) is 8.02. The maximum Gasteiger partial charge on any atom is 0.314 e. The highest BCUT2D eigenvalue weighted by atomic mass is 16.5. The van der Waals surface area contributed by atoms with Crippen LogP contribution in [-0.2, 0) is 9.53 Å². The summed E-state index contributed by atoms with van der Waals surface area (Å²) < 4.78 is 16.3. The third-order valence-electron chi connectivity index (χ3n) is 5.80. The Kier molecular flexibility index (Phi) is 7.57. The highest BCUT2D eigenvalue weighted by molar-refractivity contribution is 5.96. The number of ether oxygens (including phenoxy) is 3. The fourth-order valence-corrected chi connectivity index (χ4v) is 4.24. The average molecular weight is 438 g/mol. The number of hydrogen-bond donors (Lipinski definition) is 1. The molecule has 1 aliphatic rings. The number of rotatable bonds is 8. The molecule has 1 N–H and O–H groups in total. The lowest BCUT2D eigenvalue weighted by molar-refractivity contribution is -0.146. The Hall–Kier alpha value is -3.28. The molecule has 3 atom stereocenters. The first-order valence-corrected chi connectivity index (χ1v) is 10.8. The number of benzene rings is 2. The number of nitrogens with one attached hydrogen (secondary N) is 1. The molecule has 2 aromatic carbocycles. The van der Waals surface area contributed by atoms with E-state index in [0.29, 0.717) is 29.0 Å². The molecule has 1 aliphatic carbocycles. The Bertz CT molecular complexity index is 1010. The van der Waals surface area contributed by atoms with Gasteiger partial charge in [-0.1, -0.05) is 29.8 Å². The van der Waals surface area contributed by atoms with Crippen LogP contribution < -0.4 is 14.8 Å². The number of esters is 1. The van der Waals surface area contributed by atoms with Crippen LogP contribution in [-0.4, -0.2) is 38.7 Å². The summed E-state index contributed by atoms with van der Waals surface area (Å²) in [6.07, 6.45) is 4.51. The minimum absolute atomic E-state index is 0.121. The van der Waals surface area contributed by atoms with Crippen molar-refractivity contribution in [2.75, 3.05) is 20.8 Å². The molecule has 0 radical (unpaired) electrons. The van der Waals surface area contributed by atoms with Crippen LogP contribution in [0.4, 0.5) is 0 Å². The van der Waals surface area contributed by atoms with Crippen molar-refractivity contribution in [2.45, 2.75) is 39.2 Å². The van der Waals surface area contributed by atoms with Gasteiger partial charge in [0, 0.05) is 17.2 Å². The first-order valence-electron chi connectivity index (χ1n) is 10.8. The van der Waals surface area contributed by atoms with Crippen LogP contribution >= 0.6 is 0 Å². The van der Waals surface area contributed by atoms with Crippen molar-refractivity contribution < 1.29 is 23.8 Å². The molecule has 0 aromatic heterocycles. The van der Waals surface area contributed by atoms with Gasteiger partial charge >= 0.3 is 5.97 Å². The minimum atomic E-state index is -0.570. The Balaban J connectivity index is 1.82. The lowest BCUT2D eigenvalue weighted by Crippen LogP contribution is -2.34. The number of methoxy groups -OCH3 is 2. The molecule has 0 spiro atoms. The summed E-state index contributed by atoms with van der Waals surface area (Å²) in [4.78, 5) is 25.8. The molecule has 0 aliphatic heterocycles. The van der Waals surface area contributed by atoms with Crippen molar-refractivity contribution in [1.82, 2.24) is 5.32 Å². The lowest BCUT2D eigenvalue weighted by atomic mass is 9.84. The van der Waals surface area contributed by atoms with Crippen molar-refractivity contribution in [2.24, 2.45) is 5.92 Å². The van der Waals surface area contributed by atoms with Crippen LogP contribution in [0.2, 0.25) is 0 Å². The predicted octanol–water partition coefficient (Wildman–Crippen LogP) is 4.34. The molecule has 0 unspecified atom stereocenters. The highest BCUT2D eigenvalue weighted by Crippen LogP contribution is 2.40. The Morgan fingerprint density at radius 2 is 1.84 bits per heavy atom. The molecular formula is C26H31NO5. The zero-order valence-electron chi connectivity index (χ0n) is 19.3. The first kappa shape index (κ1) is 23.4. The summed E-state index contributed by atoms with van der Waals surface area (Å²) in [5, 5.41) is 3.08. The number of carbonyl (C=O) groups excluding carboxylic acids is 2. The van der Waals surface area contributed by atoms with Crippen LogP contribution in [0.1, 0.15) is 46.3 Å². The standard InChI is InChI=1S/C26H31NO5/c1-6-32-26(29)24(22-15-20(30-4)10-12-23(22)31-5)18-8-9-19(14-18)27-25(28)21-11-7-16(2)13-17(21)3/h7-13,15,18-19,24H,6,14H2,1-5H3,(H,27,28)/t18-,19+,24-/m0/s1. The van der Waals surface area contributed by atoms with Crippen molar-refractivity contribution >= 4 is 11.9 Å². The molecule has 1 amide bonds. The Labute approximate surface area is 189 Å². The van der Waals surface area contributed by atoms with Crippen LogP contribution in [0.15, 0.2) is 48.6 Å². The molecule has 0 bridgehead atoms. The molecule has 6 heteroatoms. The van der Waals surface area contributed by atoms with E-state index >= 15 is 0 Å². The van der Waals surface area contributed by atoms with E-state index in [0.717, 1.165) is 11.1 Å². The predicted molar refractivity (Wildman–Crippen MR) is 123 cm³/mol. The fraction of sp³-hybridized carbons (Fsp3) is 0.385. The molecule has 6 nitrogen and oxygen atoms in total. The third-order valence-corrected chi connectivity index (χ3v) is 5.80. The average Bonchev–Trinajstić information content (AvgIpc) is 3.21. The smallest absolute Gasteiger partial charge is 0.314 e. The van der Waals surface area contributed by atoms with Gasteiger partial charge in [-0.25, -0.2) is 0 Å². The topological polar surface area (TPSA) is 73.9 Å². The molecule has 0 fully saturated rings. The number of carbonyl (C=O) groups is 2. The van der Waals surface area contributed by atoms with Gasteiger partial charge < -0.3 is 19.5 Å². The SMILES string of the molecule is CCOC(=O)[C@H](c1cc(OC)ccc1OC)[C@H]1C=C[C@@H](NC(=O)c2ccc(C)cc2C)C1. The molecule has 3 rings (SSSR count). The summed E-state index contributed by atoms with van der Waals surface area (Å²) in [6, 6.07) is 11.0. The number of amides is 1. The summed E-state index contributed by atoms with van der Waals surface area (Å²) in [5.41, 5.74) is 3.42. The van der Waals surface area contributed by atoms with Gasteiger partial charge in [-0.05, 0) is 62.9 Å².